The van der Waals surface area contributed by atoms with Gasteiger partial charge in [-0.15, -0.1) is 0 Å². The third-order valence-corrected chi connectivity index (χ3v) is 5.34. The molecule has 0 bridgehead atoms. The van der Waals surface area contributed by atoms with E-state index in [1.807, 2.05) is 0 Å². The van der Waals surface area contributed by atoms with Crippen molar-refractivity contribution >= 4 is 14.0 Å². The summed E-state index contributed by atoms with van der Waals surface area (Å²) in [5.74, 6) is -1.89. The van der Waals surface area contributed by atoms with Gasteiger partial charge < -0.3 is 13.3 Å². The van der Waals surface area contributed by atoms with E-state index in [1.165, 1.54) is 12.1 Å². The number of hydrogen-bond donors (Lipinski definition) is 0. The normalized spacial score (nSPS) is 11.8. The maximum Gasteiger partial charge on any atom is 0.540 e. The first-order valence-electron chi connectivity index (χ1n) is 5.97. The number of halogens is 2. The van der Waals surface area contributed by atoms with Crippen LogP contribution in [0, 0.1) is 11.6 Å². The van der Waals surface area contributed by atoms with E-state index in [0.29, 0.717) is 19.8 Å². The van der Waals surface area contributed by atoms with Crippen LogP contribution in [0.1, 0.15) is 20.8 Å². The molecule has 0 atom stereocenters. The van der Waals surface area contributed by atoms with Gasteiger partial charge in [0.2, 0.25) is 0 Å². The van der Waals surface area contributed by atoms with Gasteiger partial charge in [0.15, 0.2) is 11.6 Å². The van der Waals surface area contributed by atoms with Gasteiger partial charge >= 0.3 is 8.80 Å². The fourth-order valence-electron chi connectivity index (χ4n) is 1.67. The highest BCUT2D eigenvalue weighted by atomic mass is 28.4. The van der Waals surface area contributed by atoms with Crippen LogP contribution < -0.4 is 5.19 Å². The van der Waals surface area contributed by atoms with E-state index in [-0.39, 0.29) is 5.19 Å². The van der Waals surface area contributed by atoms with Crippen LogP contribution in [-0.2, 0) is 13.3 Å². The molecule has 6 heteroatoms. The zero-order valence-electron chi connectivity index (χ0n) is 10.8. The third-order valence-electron chi connectivity index (χ3n) is 2.28. The molecule has 0 heterocycles. The van der Waals surface area contributed by atoms with Crippen LogP contribution in [0.15, 0.2) is 18.2 Å². The van der Waals surface area contributed by atoms with Gasteiger partial charge in [-0.25, -0.2) is 8.78 Å². The largest absolute Gasteiger partial charge is 0.540 e. The Morgan fingerprint density at radius 1 is 0.944 bits per heavy atom. The lowest BCUT2D eigenvalue weighted by Crippen LogP contribution is -2.58. The molecule has 3 nitrogen and oxygen atoms in total. The van der Waals surface area contributed by atoms with Crippen LogP contribution in [0.3, 0.4) is 0 Å². The lowest BCUT2D eigenvalue weighted by Gasteiger charge is -2.28. The molecule has 0 amide bonds. The van der Waals surface area contributed by atoms with Crippen molar-refractivity contribution < 1.29 is 22.1 Å². The van der Waals surface area contributed by atoms with Crippen molar-refractivity contribution in [2.45, 2.75) is 20.8 Å². The van der Waals surface area contributed by atoms with Crippen molar-refractivity contribution in [1.82, 2.24) is 0 Å². The Kier molecular flexibility index (Phi) is 5.87. The Bertz CT molecular complexity index is 371. The number of hydrogen-bond acceptors (Lipinski definition) is 3. The van der Waals surface area contributed by atoms with E-state index in [4.69, 9.17) is 13.3 Å². The van der Waals surface area contributed by atoms with Crippen molar-refractivity contribution in [2.24, 2.45) is 0 Å². The second kappa shape index (κ2) is 6.94. The minimum Gasteiger partial charge on any atom is -0.370 e. The van der Waals surface area contributed by atoms with Crippen molar-refractivity contribution in [3.05, 3.63) is 29.8 Å². The zero-order valence-corrected chi connectivity index (χ0v) is 11.8. The van der Waals surface area contributed by atoms with Crippen molar-refractivity contribution in [1.29, 1.82) is 0 Å². The standard InChI is InChI=1S/C12H18F2O3Si/c1-4-15-18(16-5-2,17-6-3)11-9-7-8-10(13)12(11)14/h7-9H,4-6H2,1-3H3. The first-order valence-corrected chi connectivity index (χ1v) is 7.70. The van der Waals surface area contributed by atoms with E-state index in [9.17, 15) is 8.78 Å². The molecule has 1 aromatic carbocycles. The molecule has 0 spiro atoms. The van der Waals surface area contributed by atoms with Crippen LogP contribution in [-0.4, -0.2) is 28.6 Å². The fraction of sp³-hybridized carbons (Fsp3) is 0.500. The Morgan fingerprint density at radius 3 is 1.89 bits per heavy atom. The highest BCUT2D eigenvalue weighted by Crippen LogP contribution is 2.14. The molecule has 0 aromatic heterocycles. The Morgan fingerprint density at radius 2 is 1.44 bits per heavy atom. The maximum atomic E-state index is 13.9. The first kappa shape index (κ1) is 15.2. The van der Waals surface area contributed by atoms with Gasteiger partial charge in [-0.3, -0.25) is 0 Å². The van der Waals surface area contributed by atoms with Crippen molar-refractivity contribution in [2.75, 3.05) is 19.8 Å². The fourth-order valence-corrected chi connectivity index (χ4v) is 4.21. The summed E-state index contributed by atoms with van der Waals surface area (Å²) in [5, 5.41) is 0.0491. The maximum absolute atomic E-state index is 13.9. The van der Waals surface area contributed by atoms with E-state index in [2.05, 4.69) is 0 Å². The molecule has 0 aliphatic heterocycles. The lowest BCUT2D eigenvalue weighted by atomic mass is 10.3. The Labute approximate surface area is 107 Å². The quantitative estimate of drug-likeness (QED) is 0.715. The molecule has 0 radical (unpaired) electrons. The van der Waals surface area contributed by atoms with Crippen LogP contribution in [0.4, 0.5) is 8.78 Å². The van der Waals surface area contributed by atoms with Crippen LogP contribution in [0.2, 0.25) is 0 Å². The summed E-state index contributed by atoms with van der Waals surface area (Å²) in [6, 6.07) is 3.93. The zero-order chi connectivity index (χ0) is 13.6. The van der Waals surface area contributed by atoms with E-state index in [0.717, 1.165) is 6.07 Å². The predicted octanol–water partition coefficient (Wildman–Crippen LogP) is 2.22. The van der Waals surface area contributed by atoms with E-state index < -0.39 is 20.4 Å². The van der Waals surface area contributed by atoms with Crippen LogP contribution >= 0.6 is 0 Å². The molecular formula is C12H18F2O3Si. The molecule has 0 aliphatic rings. The van der Waals surface area contributed by atoms with Gasteiger partial charge in [0, 0.05) is 19.8 Å². The average Bonchev–Trinajstić information content (AvgIpc) is 2.33. The molecule has 0 N–H and O–H groups in total. The second-order valence-corrected chi connectivity index (χ2v) is 5.97. The minimum atomic E-state index is -3.36. The molecule has 0 saturated carbocycles. The van der Waals surface area contributed by atoms with Gasteiger partial charge in [-0.1, -0.05) is 12.1 Å². The summed E-state index contributed by atoms with van der Waals surface area (Å²) >= 11 is 0. The SMILES string of the molecule is CCO[Si](OCC)(OCC)c1cccc(F)c1F. The second-order valence-electron chi connectivity index (χ2n) is 3.46. The molecule has 1 aromatic rings. The average molecular weight is 276 g/mol. The summed E-state index contributed by atoms with van der Waals surface area (Å²) in [6.07, 6.45) is 0. The highest BCUT2D eigenvalue weighted by molar-refractivity contribution is 6.75. The lowest BCUT2D eigenvalue weighted by molar-refractivity contribution is 0.0850. The van der Waals surface area contributed by atoms with Gasteiger partial charge in [-0.05, 0) is 26.8 Å². The van der Waals surface area contributed by atoms with Crippen molar-refractivity contribution in [3.63, 3.8) is 0 Å². The predicted molar refractivity (Wildman–Crippen MR) is 66.6 cm³/mol. The Balaban J connectivity index is 3.25. The first-order chi connectivity index (χ1) is 8.61. The summed E-state index contributed by atoms with van der Waals surface area (Å²) in [6.45, 7) is 6.21. The minimum absolute atomic E-state index is 0.0491. The van der Waals surface area contributed by atoms with E-state index in [1.54, 1.807) is 20.8 Å². The molecule has 0 saturated heterocycles. The topological polar surface area (TPSA) is 27.7 Å². The summed E-state index contributed by atoms with van der Waals surface area (Å²) in [4.78, 5) is 0. The molecular weight excluding hydrogens is 258 g/mol. The molecule has 0 unspecified atom stereocenters. The van der Waals surface area contributed by atoms with Crippen LogP contribution in [0.5, 0.6) is 0 Å². The van der Waals surface area contributed by atoms with Crippen LogP contribution in [0.25, 0.3) is 0 Å². The summed E-state index contributed by atoms with van der Waals surface area (Å²) in [7, 11) is -3.36. The molecule has 18 heavy (non-hydrogen) atoms. The number of rotatable bonds is 7. The van der Waals surface area contributed by atoms with E-state index >= 15 is 0 Å². The highest BCUT2D eigenvalue weighted by Gasteiger charge is 2.46. The smallest absolute Gasteiger partial charge is 0.370 e. The number of benzene rings is 1. The Hall–Kier alpha value is -0.823. The van der Waals surface area contributed by atoms with Gasteiger partial charge in [0.1, 0.15) is 0 Å². The van der Waals surface area contributed by atoms with Gasteiger partial charge in [0.05, 0.1) is 5.19 Å². The summed E-state index contributed by atoms with van der Waals surface area (Å²) in [5.41, 5.74) is 0. The third kappa shape index (κ3) is 3.14. The molecule has 0 fully saturated rings. The summed E-state index contributed by atoms with van der Waals surface area (Å²) < 4.78 is 43.8. The van der Waals surface area contributed by atoms with Gasteiger partial charge in [0.25, 0.3) is 0 Å². The van der Waals surface area contributed by atoms with Gasteiger partial charge in [-0.2, -0.15) is 0 Å². The monoisotopic (exact) mass is 276 g/mol. The molecule has 0 aliphatic carbocycles. The molecule has 1 rings (SSSR count). The molecule has 102 valence electrons. The van der Waals surface area contributed by atoms with Crippen molar-refractivity contribution in [3.8, 4) is 0 Å².